The third-order valence-corrected chi connectivity index (χ3v) is 19.2. The largest absolute Gasteiger partial charge is 0.481 e. The molecule has 0 aromatic heterocycles. The third kappa shape index (κ3) is 31.3. The smallest absolute Gasteiger partial charge is 0.306 e. The highest BCUT2D eigenvalue weighted by Gasteiger charge is 2.59. The van der Waals surface area contributed by atoms with Gasteiger partial charge in [-0.05, 0) is 86.5 Å². The Morgan fingerprint density at radius 1 is 0.416 bits per heavy atom. The van der Waals surface area contributed by atoms with Gasteiger partial charge in [0.2, 0.25) is 0 Å². The van der Waals surface area contributed by atoms with Gasteiger partial charge in [-0.1, -0.05) is 81.8 Å². The average molecular weight is 1640 g/mol. The van der Waals surface area contributed by atoms with E-state index >= 15 is 0 Å². The maximum Gasteiger partial charge on any atom is 0.306 e. The van der Waals surface area contributed by atoms with Gasteiger partial charge in [-0.25, -0.2) is 5.90 Å². The number of nitrogens with zero attached hydrogens (tertiary/aromatic N) is 1. The van der Waals surface area contributed by atoms with Crippen LogP contribution in [0.3, 0.4) is 0 Å². The molecule has 37 nitrogen and oxygen atoms in total. The first kappa shape index (κ1) is 105. The molecule has 9 aliphatic rings. The fourth-order valence-electron chi connectivity index (χ4n) is 13.9. The van der Waals surface area contributed by atoms with E-state index in [1.807, 2.05) is 111 Å². The van der Waals surface area contributed by atoms with Gasteiger partial charge in [-0.2, -0.15) is 0 Å². The number of ether oxygens (including phenoxy) is 17. The summed E-state index contributed by atoms with van der Waals surface area (Å²) in [5, 5.41) is 118. The fraction of sp³-hybridized carbons (Fsp3) is 0.921. The minimum absolute atomic E-state index is 0. The third-order valence-electron chi connectivity index (χ3n) is 19.2. The van der Waals surface area contributed by atoms with Crippen LogP contribution in [0, 0.1) is 35.5 Å². The van der Waals surface area contributed by atoms with Crippen molar-refractivity contribution in [3.8, 4) is 0 Å². The Bertz CT molecular complexity index is 2710. The standard InChI is InChI=1S/C24H41NO11.C23H38O11.C18H32O9.C5H8O3.2C2H6.CH5NO.CH4/c1-11(2)17-18(27)14(9-31-16(26)8-7-13(5)25-30-6)34-23(19(17)28)36-21-15-10-32-22(21)20(29)24(35-15)33-12(3)4;1-10(2)16-17(26)13(8-29-15(25)7-6-12(5)24)32-22(18(16)27)34-20-14-9-30-21(20)19(28)23(33-14)31-11(3)4;1-7(2)11-12(20)9(5-19)25-17(13(11)21)27-15-10-6-23-16(15)14(22)18(26-10)24-8(3)4;1-4(6)2-3-5(7)8;2*1-2;1-3-2;/h11-12,14-15,17-24,27-29H,7-10H2,1-6H3;10-11,13-14,16-23,26-28H,6-9H2,1-5H3;7-22H,5-6H2,1-4H3;2-3H2,1H3,(H,7,8);2*1-2H3;2H2,1H3;1H4/b25-13+;;;;;;;/t14?,15-,17+,18+,19?,20?,21-,22?,23+,24-;13?,14-,16+,17+,18?,19?,20-,21?,22+,23-;9?,10-,11+,12+,13?,14?,15-,16?,17+,18-;;;;;/m111...../s1. The number of esters is 2. The van der Waals surface area contributed by atoms with Crippen LogP contribution in [0.15, 0.2) is 5.16 Å². The van der Waals surface area contributed by atoms with Crippen LogP contribution in [0.25, 0.3) is 0 Å². The van der Waals surface area contributed by atoms with Crippen molar-refractivity contribution in [3.63, 3.8) is 0 Å². The van der Waals surface area contributed by atoms with Crippen LogP contribution < -0.4 is 5.90 Å². The number of carbonyl (C=O) groups is 5. The van der Waals surface area contributed by atoms with E-state index in [2.05, 4.69) is 20.7 Å². The maximum absolute atomic E-state index is 12.2. The number of aliphatic hydroxyl groups excluding tert-OH is 10. The lowest BCUT2D eigenvalue weighted by Crippen LogP contribution is -2.61. The van der Waals surface area contributed by atoms with Gasteiger partial charge in [-0.3, -0.25) is 14.4 Å². The molecule has 9 fully saturated rings. The lowest BCUT2D eigenvalue weighted by Gasteiger charge is -2.46. The van der Waals surface area contributed by atoms with Crippen LogP contribution in [0.4, 0.5) is 0 Å². The van der Waals surface area contributed by atoms with Crippen molar-refractivity contribution in [2.75, 3.05) is 53.9 Å². The van der Waals surface area contributed by atoms with Crippen molar-refractivity contribution in [1.29, 1.82) is 0 Å². The predicted octanol–water partition coefficient (Wildman–Crippen LogP) is 1.89. The number of rotatable bonds is 30. The molecule has 12 unspecified atom stereocenters. The van der Waals surface area contributed by atoms with Crippen molar-refractivity contribution >= 4 is 35.2 Å². The molecule has 0 aromatic carbocycles. The zero-order valence-electron chi connectivity index (χ0n) is 69.0. The highest BCUT2D eigenvalue weighted by Crippen LogP contribution is 2.42. The molecule has 9 aliphatic heterocycles. The summed E-state index contributed by atoms with van der Waals surface area (Å²) in [5.74, 6) is 0.106. The Morgan fingerprint density at radius 3 is 0.956 bits per heavy atom. The molecular formula is C76H140N2O35. The quantitative estimate of drug-likeness (QED) is 0.0277. The van der Waals surface area contributed by atoms with Gasteiger partial charge in [0.25, 0.3) is 0 Å². The van der Waals surface area contributed by atoms with Gasteiger partial charge in [-0.15, -0.1) is 0 Å². The summed E-state index contributed by atoms with van der Waals surface area (Å²) in [5.41, 5.74) is 0.648. The molecule has 0 radical (unpaired) electrons. The van der Waals surface area contributed by atoms with E-state index < -0.39 is 208 Å². The van der Waals surface area contributed by atoms with Crippen molar-refractivity contribution in [3.05, 3.63) is 0 Å². The second-order valence-corrected chi connectivity index (χ2v) is 30.0. The van der Waals surface area contributed by atoms with Crippen LogP contribution in [0.2, 0.25) is 0 Å². The minimum Gasteiger partial charge on any atom is -0.481 e. The number of aliphatic carboxylic acids is 1. The number of hydrogen-bond acceptors (Lipinski definition) is 36. The Balaban J connectivity index is 0.000000528. The van der Waals surface area contributed by atoms with Crippen LogP contribution in [0.5, 0.6) is 0 Å². The molecule has 13 N–H and O–H groups in total. The number of hydrogen-bond donors (Lipinski definition) is 12. The number of ketones is 2. The molecule has 664 valence electrons. The number of carboxylic acid groups (broad SMARTS) is 1. The predicted molar refractivity (Wildman–Crippen MR) is 400 cm³/mol. The molecule has 9 rings (SSSR count). The number of Topliss-reactive ketones (excluding diaryl/α,β-unsaturated/α-hetero) is 2. The van der Waals surface area contributed by atoms with Crippen molar-refractivity contribution in [1.82, 2.24) is 0 Å². The maximum atomic E-state index is 12.2. The molecule has 37 heteroatoms. The van der Waals surface area contributed by atoms with Crippen LogP contribution in [-0.4, -0.2) is 329 Å². The average Bonchev–Trinajstić information content (AvgIpc) is 1.50. The zero-order valence-corrected chi connectivity index (χ0v) is 69.0. The van der Waals surface area contributed by atoms with Gasteiger partial charge in [0.05, 0.1) is 95.1 Å². The number of nitrogens with two attached hydrogens (primary N) is 1. The van der Waals surface area contributed by atoms with E-state index in [0.717, 1.165) is 0 Å². The molecule has 9 saturated heterocycles. The summed E-state index contributed by atoms with van der Waals surface area (Å²) < 4.78 is 97.3. The van der Waals surface area contributed by atoms with E-state index in [0.29, 0.717) is 12.1 Å². The summed E-state index contributed by atoms with van der Waals surface area (Å²) in [6, 6.07) is 0. The lowest BCUT2D eigenvalue weighted by molar-refractivity contribution is -0.339. The number of aliphatic hydroxyl groups is 10. The molecule has 0 aliphatic carbocycles. The molecular weight excluding hydrogens is 1500 g/mol. The monoisotopic (exact) mass is 1640 g/mol. The molecule has 0 aromatic rings. The van der Waals surface area contributed by atoms with Gasteiger partial charge >= 0.3 is 17.9 Å². The first-order chi connectivity index (χ1) is 52.8. The Kier molecular flexibility index (Phi) is 48.6. The molecule has 0 saturated carbocycles. The summed E-state index contributed by atoms with van der Waals surface area (Å²) in [6.45, 7) is 34.5. The Labute approximate surface area is 665 Å². The van der Waals surface area contributed by atoms with Gasteiger partial charge in [0, 0.05) is 30.6 Å². The number of oxime groups is 1. The van der Waals surface area contributed by atoms with Gasteiger partial charge in [0.15, 0.2) is 37.7 Å². The van der Waals surface area contributed by atoms with Crippen molar-refractivity contribution < 1.29 is 170 Å². The van der Waals surface area contributed by atoms with E-state index in [1.54, 1.807) is 6.92 Å². The van der Waals surface area contributed by atoms with E-state index in [-0.39, 0.29) is 120 Å². The molecule has 30 atom stereocenters. The molecule has 113 heavy (non-hydrogen) atoms. The molecule has 9 heterocycles. The Morgan fingerprint density at radius 2 is 0.699 bits per heavy atom. The number of carboxylic acids is 1. The normalized spacial score (nSPS) is 36.8. The van der Waals surface area contributed by atoms with Crippen LogP contribution >= 0.6 is 0 Å². The van der Waals surface area contributed by atoms with Crippen molar-refractivity contribution in [2.45, 2.75) is 362 Å². The summed E-state index contributed by atoms with van der Waals surface area (Å²) in [6.07, 6.45) is -24.2. The number of fused-ring (bicyclic) bond motifs is 6. The van der Waals surface area contributed by atoms with E-state index in [9.17, 15) is 75.0 Å². The first-order valence-electron chi connectivity index (χ1n) is 39.1. The topological polar surface area (TPSA) is 522 Å². The number of carbonyl (C=O) groups excluding carboxylic acids is 4. The summed E-state index contributed by atoms with van der Waals surface area (Å²) in [7, 11) is 2.83. The molecule has 0 spiro atoms. The van der Waals surface area contributed by atoms with Gasteiger partial charge < -0.3 is 156 Å². The second-order valence-electron chi connectivity index (χ2n) is 30.0. The SMILES string of the molecule is C.CC.CC.CC(=O)CCC(=O)O.CC(=O)CCC(=O)OCC1O[C@@H](O[C@H]2C3OC[C@H]2O[C@@H](OC(C)C)C3O)C(O)[C@@H](C(C)C)[C@H]1O.CC(C)O[C@@H]1O[C@@H]2COC(C1O)[C@@H]2O[C@@H]1OC(CO)[C@H](O)[C@H](C(C)C)C1O.CO/N=C(\C)CCC(=O)OCC1O[C@@H](O[C@H]2C3OC[C@H]2O[C@@H](OC(C)C)C3O)C(O)[C@@H](C(C)C)[C@H]1O.CON. The van der Waals surface area contributed by atoms with E-state index in [4.69, 9.17) is 85.6 Å². The van der Waals surface area contributed by atoms with Crippen LogP contribution in [-0.2, 0) is 114 Å². The highest BCUT2D eigenvalue weighted by molar-refractivity contribution is 5.85. The zero-order chi connectivity index (χ0) is 84.9. The second kappa shape index (κ2) is 52.2. The summed E-state index contributed by atoms with van der Waals surface area (Å²) in [4.78, 5) is 63.5. The Hall–Kier alpha value is -3.86. The van der Waals surface area contributed by atoms with E-state index in [1.165, 1.54) is 28.1 Å². The van der Waals surface area contributed by atoms with Crippen LogP contribution in [0.1, 0.15) is 178 Å². The first-order valence-corrected chi connectivity index (χ1v) is 39.1. The van der Waals surface area contributed by atoms with Gasteiger partial charge in [0.1, 0.15) is 142 Å². The molecule has 6 bridgehead atoms. The molecule has 0 amide bonds. The van der Waals surface area contributed by atoms with Crippen molar-refractivity contribution in [2.24, 2.45) is 46.6 Å². The fourth-order valence-corrected chi connectivity index (χ4v) is 13.9. The highest BCUT2D eigenvalue weighted by atomic mass is 16.8. The summed E-state index contributed by atoms with van der Waals surface area (Å²) >= 11 is 0. The lowest BCUT2D eigenvalue weighted by atomic mass is 9.80. The minimum atomic E-state index is -1.18.